The summed E-state index contributed by atoms with van der Waals surface area (Å²) in [4.78, 5) is 9.05. The van der Waals surface area contributed by atoms with Gasteiger partial charge in [0.2, 0.25) is 10.0 Å². The molecule has 0 spiro atoms. The molecule has 0 aromatic heterocycles. The van der Waals surface area contributed by atoms with Gasteiger partial charge in [0.05, 0.1) is 26.1 Å². The number of fused-ring (bicyclic) bond motifs is 1. The zero-order valence-electron chi connectivity index (χ0n) is 20.3. The van der Waals surface area contributed by atoms with Gasteiger partial charge in [0.1, 0.15) is 16.3 Å². The van der Waals surface area contributed by atoms with Crippen LogP contribution >= 0.6 is 0 Å². The summed E-state index contributed by atoms with van der Waals surface area (Å²) in [6.07, 6.45) is 0.846. The summed E-state index contributed by atoms with van der Waals surface area (Å²) in [6.45, 7) is 0. The number of primary sulfonamides is 1. The van der Waals surface area contributed by atoms with Crippen molar-refractivity contribution in [2.75, 3.05) is 11.0 Å². The van der Waals surface area contributed by atoms with Crippen molar-refractivity contribution in [2.45, 2.75) is 14.7 Å². The van der Waals surface area contributed by atoms with E-state index in [0.29, 0.717) is 0 Å². The lowest BCUT2D eigenvalue weighted by Gasteiger charge is -2.13. The zero-order valence-corrected chi connectivity index (χ0v) is 22.7. The molecule has 14 nitrogen and oxygen atoms in total. The van der Waals surface area contributed by atoms with Crippen LogP contribution in [-0.2, 0) is 29.9 Å². The molecular formula is C23H19N5O9S3. The molecule has 208 valence electrons. The highest BCUT2D eigenvalue weighted by Gasteiger charge is 2.21. The van der Waals surface area contributed by atoms with E-state index in [-0.39, 0.29) is 33.6 Å². The molecule has 0 saturated heterocycles. The molecule has 0 aliphatic rings. The lowest BCUT2D eigenvalue weighted by molar-refractivity contribution is -0.385. The van der Waals surface area contributed by atoms with Gasteiger partial charge in [0, 0.05) is 29.2 Å². The highest BCUT2D eigenvalue weighted by molar-refractivity contribution is 7.93. The summed E-state index contributed by atoms with van der Waals surface area (Å²) in [5.41, 5.74) is -0.762. The Morgan fingerprint density at radius 2 is 1.48 bits per heavy atom. The number of aromatic hydroxyl groups is 1. The Bertz CT molecular complexity index is 2040. The van der Waals surface area contributed by atoms with Gasteiger partial charge in [-0.1, -0.05) is 18.2 Å². The van der Waals surface area contributed by atoms with Crippen molar-refractivity contribution in [1.29, 1.82) is 0 Å². The maximum Gasteiger partial charge on any atom is 0.270 e. The molecule has 0 aliphatic carbocycles. The molecule has 0 heterocycles. The molecule has 40 heavy (non-hydrogen) atoms. The summed E-state index contributed by atoms with van der Waals surface area (Å²) >= 11 is 0. The van der Waals surface area contributed by atoms with Crippen LogP contribution in [0.15, 0.2) is 97.7 Å². The van der Waals surface area contributed by atoms with Crippen molar-refractivity contribution in [3.05, 3.63) is 82.9 Å². The molecule has 4 aromatic carbocycles. The molecule has 0 amide bonds. The fraction of sp³-hybridized carbons (Fsp3) is 0.0435. The SMILES string of the molecule is CS(=O)(=O)c1cc([N+](=O)[O-])ccc1/N=N/c1ccc(O)c2cccc(NS(=O)(=O)c3cccc(S(N)(=O)=O)c3)c12. The molecule has 4 N–H and O–H groups in total. The number of nitro groups is 1. The van der Waals surface area contributed by atoms with Gasteiger partial charge in [-0.2, -0.15) is 0 Å². The number of phenolic OH excluding ortho intramolecular Hbond substituents is 1. The standard InChI is InChI=1S/C23H19N5O9S3/c1-38(32,33)22-12-14(28(30)31)8-9-18(22)25-26-19-10-11-21(29)17-6-3-7-20(23(17)19)27-40(36,37)16-5-2-4-15(13-16)39(24,34)35/h2-13,27,29H,1H3,(H2,24,34,35)/b26-25+. The minimum Gasteiger partial charge on any atom is -0.507 e. The Morgan fingerprint density at radius 1 is 0.850 bits per heavy atom. The number of rotatable bonds is 8. The number of azo groups is 1. The molecule has 0 saturated carbocycles. The number of anilines is 1. The van der Waals surface area contributed by atoms with E-state index in [1.807, 2.05) is 0 Å². The molecule has 0 bridgehead atoms. The normalized spacial score (nSPS) is 12.6. The molecule has 4 rings (SSSR count). The average Bonchev–Trinajstić information content (AvgIpc) is 2.87. The molecule has 17 heteroatoms. The first-order valence-electron chi connectivity index (χ1n) is 10.9. The van der Waals surface area contributed by atoms with Crippen molar-refractivity contribution in [3.63, 3.8) is 0 Å². The second-order valence-corrected chi connectivity index (χ2v) is 13.6. The third-order valence-corrected chi connectivity index (χ3v) is 8.90. The minimum atomic E-state index is -4.39. The van der Waals surface area contributed by atoms with Gasteiger partial charge < -0.3 is 5.11 Å². The van der Waals surface area contributed by atoms with E-state index in [4.69, 9.17) is 5.14 Å². The summed E-state index contributed by atoms with van der Waals surface area (Å²) in [5, 5.41) is 34.8. The zero-order chi connectivity index (χ0) is 29.5. The molecule has 0 unspecified atom stereocenters. The summed E-state index contributed by atoms with van der Waals surface area (Å²) in [7, 11) is -12.5. The van der Waals surface area contributed by atoms with Crippen LogP contribution in [0.1, 0.15) is 0 Å². The number of non-ortho nitro benzene ring substituents is 1. The van der Waals surface area contributed by atoms with Crippen LogP contribution in [0, 0.1) is 10.1 Å². The van der Waals surface area contributed by atoms with Crippen LogP contribution in [0.2, 0.25) is 0 Å². The number of sulfone groups is 1. The number of nitrogens with two attached hydrogens (primary N) is 1. The fourth-order valence-electron chi connectivity index (χ4n) is 3.67. The molecule has 0 atom stereocenters. The van der Waals surface area contributed by atoms with Gasteiger partial charge in [0.15, 0.2) is 9.84 Å². The van der Waals surface area contributed by atoms with Crippen molar-refractivity contribution in [2.24, 2.45) is 15.4 Å². The summed E-state index contributed by atoms with van der Waals surface area (Å²) in [5.74, 6) is -0.238. The van der Waals surface area contributed by atoms with Gasteiger partial charge in [-0.25, -0.2) is 30.4 Å². The first-order chi connectivity index (χ1) is 18.6. The predicted molar refractivity (Wildman–Crippen MR) is 145 cm³/mol. The quantitative estimate of drug-likeness (QED) is 0.151. The van der Waals surface area contributed by atoms with Crippen LogP contribution < -0.4 is 9.86 Å². The third-order valence-electron chi connectivity index (χ3n) is 5.50. The molecule has 0 fully saturated rings. The highest BCUT2D eigenvalue weighted by atomic mass is 32.2. The number of nitrogens with zero attached hydrogens (tertiary/aromatic N) is 3. The first-order valence-corrected chi connectivity index (χ1v) is 15.8. The van der Waals surface area contributed by atoms with Crippen LogP contribution in [-0.4, -0.2) is 41.5 Å². The Balaban J connectivity index is 1.85. The van der Waals surface area contributed by atoms with Crippen LogP contribution in [0.25, 0.3) is 10.8 Å². The number of benzene rings is 4. The molecule has 0 radical (unpaired) electrons. The van der Waals surface area contributed by atoms with Crippen molar-refractivity contribution in [3.8, 4) is 5.75 Å². The van der Waals surface area contributed by atoms with E-state index in [0.717, 1.165) is 42.7 Å². The first kappa shape index (κ1) is 28.6. The van der Waals surface area contributed by atoms with Gasteiger partial charge in [-0.15, -0.1) is 10.2 Å². The maximum atomic E-state index is 13.2. The van der Waals surface area contributed by atoms with E-state index in [1.165, 1.54) is 36.4 Å². The van der Waals surface area contributed by atoms with Gasteiger partial charge in [-0.05, 0) is 42.5 Å². The Labute approximate surface area is 228 Å². The Kier molecular flexibility index (Phi) is 7.33. The van der Waals surface area contributed by atoms with Crippen LogP contribution in [0.4, 0.5) is 22.7 Å². The Morgan fingerprint density at radius 3 is 2.12 bits per heavy atom. The summed E-state index contributed by atoms with van der Waals surface area (Å²) < 4.78 is 76.5. The largest absolute Gasteiger partial charge is 0.507 e. The van der Waals surface area contributed by atoms with Crippen LogP contribution in [0.3, 0.4) is 0 Å². The van der Waals surface area contributed by atoms with Crippen LogP contribution in [0.5, 0.6) is 5.75 Å². The number of nitro benzene ring substituents is 1. The van der Waals surface area contributed by atoms with Crippen molar-refractivity contribution < 1.29 is 35.3 Å². The van der Waals surface area contributed by atoms with Gasteiger partial charge in [0.25, 0.3) is 15.7 Å². The van der Waals surface area contributed by atoms with Crippen molar-refractivity contribution >= 4 is 63.4 Å². The lowest BCUT2D eigenvalue weighted by Crippen LogP contribution is -2.16. The minimum absolute atomic E-state index is 0.00203. The number of hydrogen-bond donors (Lipinski definition) is 3. The fourth-order valence-corrected chi connectivity index (χ4v) is 6.24. The number of phenols is 1. The predicted octanol–water partition coefficient (Wildman–Crippen LogP) is 3.72. The third kappa shape index (κ3) is 5.91. The lowest BCUT2D eigenvalue weighted by atomic mass is 10.1. The molecule has 0 aliphatic heterocycles. The van der Waals surface area contributed by atoms with E-state index >= 15 is 0 Å². The monoisotopic (exact) mass is 605 g/mol. The van der Waals surface area contributed by atoms with E-state index in [1.54, 1.807) is 0 Å². The summed E-state index contributed by atoms with van der Waals surface area (Å²) in [6, 6.07) is 14.2. The topological polar surface area (TPSA) is 229 Å². The Hall–Kier alpha value is -4.45. The van der Waals surface area contributed by atoms with Crippen molar-refractivity contribution in [1.82, 2.24) is 0 Å². The average molecular weight is 606 g/mol. The smallest absolute Gasteiger partial charge is 0.270 e. The number of nitrogens with one attached hydrogen (secondary N) is 1. The van der Waals surface area contributed by atoms with E-state index in [2.05, 4.69) is 15.0 Å². The second-order valence-electron chi connectivity index (χ2n) is 8.34. The maximum absolute atomic E-state index is 13.2. The number of hydrogen-bond acceptors (Lipinski definition) is 11. The molecule has 4 aromatic rings. The van der Waals surface area contributed by atoms with E-state index < -0.39 is 55.2 Å². The van der Waals surface area contributed by atoms with E-state index in [9.17, 15) is 40.5 Å². The molecular weight excluding hydrogens is 586 g/mol. The van der Waals surface area contributed by atoms with Gasteiger partial charge in [-0.3, -0.25) is 14.8 Å². The second kappa shape index (κ2) is 10.3. The van der Waals surface area contributed by atoms with Gasteiger partial charge >= 0.3 is 0 Å². The highest BCUT2D eigenvalue weighted by Crippen LogP contribution is 2.40. The number of sulfonamides is 2.